The Morgan fingerprint density at radius 1 is 1.21 bits per heavy atom. The minimum atomic E-state index is -3.69. The molecule has 0 radical (unpaired) electrons. The molecule has 6 nitrogen and oxygen atoms in total. The third-order valence-corrected chi connectivity index (χ3v) is 6.86. The third kappa shape index (κ3) is 3.41. The summed E-state index contributed by atoms with van der Waals surface area (Å²) in [6.07, 6.45) is 4.27. The first-order valence-electron chi connectivity index (χ1n) is 7.93. The lowest BCUT2D eigenvalue weighted by Gasteiger charge is -2.34. The van der Waals surface area contributed by atoms with Gasteiger partial charge in [0.25, 0.3) is 0 Å². The van der Waals surface area contributed by atoms with Gasteiger partial charge in [-0.3, -0.25) is 0 Å². The van der Waals surface area contributed by atoms with Crippen LogP contribution >= 0.6 is 15.9 Å². The van der Waals surface area contributed by atoms with Gasteiger partial charge in [-0.05, 0) is 43.5 Å². The summed E-state index contributed by atoms with van der Waals surface area (Å²) in [5.41, 5.74) is 0.0708. The molecule has 1 heterocycles. The van der Waals surface area contributed by atoms with E-state index >= 15 is 0 Å². The van der Waals surface area contributed by atoms with Crippen LogP contribution in [0.15, 0.2) is 32.1 Å². The highest BCUT2D eigenvalue weighted by Crippen LogP contribution is 2.37. The van der Waals surface area contributed by atoms with Crippen LogP contribution in [0.2, 0.25) is 0 Å². The Morgan fingerprint density at radius 2 is 1.92 bits per heavy atom. The van der Waals surface area contributed by atoms with E-state index in [1.807, 2.05) is 6.92 Å². The van der Waals surface area contributed by atoms with Crippen LogP contribution in [0.3, 0.4) is 0 Å². The van der Waals surface area contributed by atoms with Crippen molar-refractivity contribution < 1.29 is 12.9 Å². The zero-order chi connectivity index (χ0) is 17.4. The second-order valence-electron chi connectivity index (χ2n) is 6.30. The van der Waals surface area contributed by atoms with Gasteiger partial charge < -0.3 is 4.52 Å². The molecule has 3 rings (SSSR count). The van der Waals surface area contributed by atoms with Crippen molar-refractivity contribution in [3.8, 4) is 0 Å². The summed E-state index contributed by atoms with van der Waals surface area (Å²) >= 11 is 3.40. The fraction of sp³-hybridized carbons (Fsp3) is 0.500. The van der Waals surface area contributed by atoms with Gasteiger partial charge in [-0.2, -0.15) is 9.71 Å². The van der Waals surface area contributed by atoms with Gasteiger partial charge in [0.2, 0.25) is 15.9 Å². The fourth-order valence-electron chi connectivity index (χ4n) is 3.12. The molecule has 0 saturated heterocycles. The molecule has 8 heteroatoms. The Hall–Kier alpha value is -1.25. The molecule has 0 spiro atoms. The number of rotatable bonds is 4. The molecule has 1 aromatic heterocycles. The molecule has 1 aliphatic rings. The zero-order valence-electron chi connectivity index (χ0n) is 13.7. The summed E-state index contributed by atoms with van der Waals surface area (Å²) in [6.45, 7) is 3.57. The molecule has 0 atom stereocenters. The topological polar surface area (TPSA) is 85.1 Å². The van der Waals surface area contributed by atoms with Gasteiger partial charge in [0, 0.05) is 11.4 Å². The molecule has 2 aromatic rings. The van der Waals surface area contributed by atoms with Crippen LogP contribution in [0.25, 0.3) is 0 Å². The lowest BCUT2D eigenvalue weighted by atomic mass is 9.82. The highest BCUT2D eigenvalue weighted by Gasteiger charge is 2.42. The average molecular weight is 414 g/mol. The Kier molecular flexibility index (Phi) is 4.81. The smallest absolute Gasteiger partial charge is 0.241 e. The fourth-order valence-corrected chi connectivity index (χ4v) is 4.87. The molecule has 1 aromatic carbocycles. The monoisotopic (exact) mass is 413 g/mol. The molecule has 0 unspecified atom stereocenters. The van der Waals surface area contributed by atoms with Crippen LogP contribution in [0.1, 0.15) is 49.4 Å². The number of nitrogens with one attached hydrogen (secondary N) is 1. The normalized spacial score (nSPS) is 17.8. The van der Waals surface area contributed by atoms with E-state index < -0.39 is 15.6 Å². The number of aromatic nitrogens is 2. The molecule has 1 saturated carbocycles. The van der Waals surface area contributed by atoms with Gasteiger partial charge in [-0.15, -0.1) is 0 Å². The van der Waals surface area contributed by atoms with Crippen LogP contribution < -0.4 is 4.72 Å². The van der Waals surface area contributed by atoms with E-state index in [2.05, 4.69) is 30.8 Å². The highest BCUT2D eigenvalue weighted by molar-refractivity contribution is 9.10. The Balaban J connectivity index is 1.98. The summed E-state index contributed by atoms with van der Waals surface area (Å²) in [6, 6.07) is 5.00. The molecular weight excluding hydrogens is 394 g/mol. The number of halogens is 1. The number of hydrogen-bond acceptors (Lipinski definition) is 5. The van der Waals surface area contributed by atoms with Crippen molar-refractivity contribution >= 4 is 26.0 Å². The van der Waals surface area contributed by atoms with Gasteiger partial charge >= 0.3 is 0 Å². The van der Waals surface area contributed by atoms with Gasteiger partial charge in [0.15, 0.2) is 5.82 Å². The lowest BCUT2D eigenvalue weighted by Crippen LogP contribution is -2.47. The second kappa shape index (κ2) is 6.57. The van der Waals surface area contributed by atoms with Crippen molar-refractivity contribution in [2.24, 2.45) is 0 Å². The minimum absolute atomic E-state index is 0.244. The SMILES string of the molecule is Cc1nc(C2(NS(=O)(=O)c3ccc(Br)c(C)c3)CCCCC2)no1. The van der Waals surface area contributed by atoms with Crippen molar-refractivity contribution in [1.82, 2.24) is 14.9 Å². The summed E-state index contributed by atoms with van der Waals surface area (Å²) in [5, 5.41) is 4.00. The number of hydrogen-bond donors (Lipinski definition) is 1. The summed E-state index contributed by atoms with van der Waals surface area (Å²) in [5.74, 6) is 0.866. The average Bonchev–Trinajstić information content (AvgIpc) is 2.97. The quantitative estimate of drug-likeness (QED) is 0.827. The van der Waals surface area contributed by atoms with E-state index in [1.54, 1.807) is 25.1 Å². The summed E-state index contributed by atoms with van der Waals surface area (Å²) in [4.78, 5) is 4.55. The number of aryl methyl sites for hydroxylation is 2. The lowest BCUT2D eigenvalue weighted by molar-refractivity contribution is 0.248. The summed E-state index contributed by atoms with van der Waals surface area (Å²) < 4.78 is 34.7. The molecule has 0 aliphatic heterocycles. The van der Waals surface area contributed by atoms with Gasteiger partial charge in [0.1, 0.15) is 0 Å². The van der Waals surface area contributed by atoms with Crippen LogP contribution in [-0.4, -0.2) is 18.6 Å². The maximum atomic E-state index is 12.9. The van der Waals surface area contributed by atoms with E-state index in [0.717, 1.165) is 29.3 Å². The first-order valence-corrected chi connectivity index (χ1v) is 10.2. The van der Waals surface area contributed by atoms with Crippen molar-refractivity contribution in [1.29, 1.82) is 0 Å². The minimum Gasteiger partial charge on any atom is -0.340 e. The van der Waals surface area contributed by atoms with Crippen LogP contribution in [0.4, 0.5) is 0 Å². The summed E-state index contributed by atoms with van der Waals surface area (Å²) in [7, 11) is -3.69. The molecule has 1 N–H and O–H groups in total. The predicted molar refractivity (Wildman–Crippen MR) is 93.0 cm³/mol. The van der Waals surface area contributed by atoms with E-state index in [9.17, 15) is 8.42 Å². The Morgan fingerprint density at radius 3 is 2.50 bits per heavy atom. The zero-order valence-corrected chi connectivity index (χ0v) is 16.1. The number of benzene rings is 1. The second-order valence-corrected chi connectivity index (χ2v) is 8.83. The molecule has 130 valence electrons. The molecule has 0 bridgehead atoms. The molecule has 1 fully saturated rings. The van der Waals surface area contributed by atoms with Gasteiger partial charge in [0.05, 0.1) is 10.4 Å². The molecule has 1 aliphatic carbocycles. The first kappa shape index (κ1) is 17.6. The molecular formula is C16H20BrN3O3S. The van der Waals surface area contributed by atoms with Gasteiger partial charge in [-0.25, -0.2) is 8.42 Å². The van der Waals surface area contributed by atoms with Crippen molar-refractivity contribution in [3.05, 3.63) is 40.0 Å². The van der Waals surface area contributed by atoms with E-state index in [-0.39, 0.29) is 4.90 Å². The van der Waals surface area contributed by atoms with Crippen molar-refractivity contribution in [2.45, 2.75) is 56.4 Å². The molecule has 24 heavy (non-hydrogen) atoms. The van der Waals surface area contributed by atoms with E-state index in [0.29, 0.717) is 24.6 Å². The number of nitrogens with zero attached hydrogens (tertiary/aromatic N) is 2. The largest absolute Gasteiger partial charge is 0.340 e. The molecule has 0 amide bonds. The maximum absolute atomic E-state index is 12.9. The van der Waals surface area contributed by atoms with E-state index in [4.69, 9.17) is 4.52 Å². The number of sulfonamides is 1. The standard InChI is InChI=1S/C16H20BrN3O3S/c1-11-10-13(6-7-14(11)17)24(21,22)20-16(8-4-3-5-9-16)15-18-12(2)23-19-15/h6-7,10,20H,3-5,8-9H2,1-2H3. The van der Waals surface area contributed by atoms with Crippen LogP contribution in [0.5, 0.6) is 0 Å². The Bertz CT molecular complexity index is 842. The first-order chi connectivity index (χ1) is 11.3. The van der Waals surface area contributed by atoms with Crippen LogP contribution in [-0.2, 0) is 15.6 Å². The van der Waals surface area contributed by atoms with Crippen molar-refractivity contribution in [3.63, 3.8) is 0 Å². The third-order valence-electron chi connectivity index (χ3n) is 4.43. The van der Waals surface area contributed by atoms with Crippen LogP contribution in [0, 0.1) is 13.8 Å². The maximum Gasteiger partial charge on any atom is 0.241 e. The van der Waals surface area contributed by atoms with E-state index in [1.165, 1.54) is 0 Å². The van der Waals surface area contributed by atoms with Crippen molar-refractivity contribution in [2.75, 3.05) is 0 Å². The Labute approximate surface area is 150 Å². The predicted octanol–water partition coefficient (Wildman–Crippen LogP) is 3.59. The van der Waals surface area contributed by atoms with Gasteiger partial charge in [-0.1, -0.05) is 40.3 Å². The highest BCUT2D eigenvalue weighted by atomic mass is 79.9.